The predicted octanol–water partition coefficient (Wildman–Crippen LogP) is 2.13. The van der Waals surface area contributed by atoms with Crippen LogP contribution in [-0.4, -0.2) is 12.7 Å². The van der Waals surface area contributed by atoms with E-state index in [1.165, 1.54) is 0 Å². The van der Waals surface area contributed by atoms with Crippen molar-refractivity contribution in [2.75, 3.05) is 6.61 Å². The van der Waals surface area contributed by atoms with Crippen LogP contribution in [0.1, 0.15) is 35.6 Å². The molecule has 0 amide bonds. The third-order valence-corrected chi connectivity index (χ3v) is 3.31. The summed E-state index contributed by atoms with van der Waals surface area (Å²) in [5.74, 6) is 5.36. The fourth-order valence-electron chi connectivity index (χ4n) is 2.56. The van der Waals surface area contributed by atoms with E-state index in [4.69, 9.17) is 10.6 Å². The molecule has 0 aliphatic carbocycles. The van der Waals surface area contributed by atoms with Crippen LogP contribution in [0.5, 0.6) is 0 Å². The number of aryl methyl sites for hydroxylation is 2. The maximum atomic E-state index is 14.1. The van der Waals surface area contributed by atoms with Gasteiger partial charge in [0.1, 0.15) is 5.82 Å². The van der Waals surface area contributed by atoms with Gasteiger partial charge >= 0.3 is 0 Å². The normalized spacial score (nSPS) is 21.8. The number of rotatable bonds is 3. The van der Waals surface area contributed by atoms with Gasteiger partial charge in [-0.3, -0.25) is 11.3 Å². The van der Waals surface area contributed by atoms with Crippen LogP contribution in [0.15, 0.2) is 12.1 Å². The second-order valence-electron chi connectivity index (χ2n) is 4.67. The molecule has 0 radical (unpaired) electrons. The van der Waals surface area contributed by atoms with Gasteiger partial charge in [-0.15, -0.1) is 0 Å². The number of nitrogens with one attached hydrogen (secondary N) is 1. The van der Waals surface area contributed by atoms with Gasteiger partial charge in [-0.2, -0.15) is 0 Å². The van der Waals surface area contributed by atoms with Gasteiger partial charge in [-0.25, -0.2) is 4.39 Å². The molecule has 1 fully saturated rings. The number of benzene rings is 1. The SMILES string of the molecule is Cc1cc(C)c(C(NN)C2CCCO2)c(F)c1. The Morgan fingerprint density at radius 3 is 2.76 bits per heavy atom. The topological polar surface area (TPSA) is 47.3 Å². The Kier molecular flexibility index (Phi) is 3.76. The summed E-state index contributed by atoms with van der Waals surface area (Å²) in [4.78, 5) is 0. The highest BCUT2D eigenvalue weighted by Gasteiger charge is 2.29. The zero-order valence-corrected chi connectivity index (χ0v) is 10.3. The summed E-state index contributed by atoms with van der Waals surface area (Å²) < 4.78 is 19.6. The summed E-state index contributed by atoms with van der Waals surface area (Å²) >= 11 is 0. The van der Waals surface area contributed by atoms with Crippen molar-refractivity contribution in [1.82, 2.24) is 5.43 Å². The van der Waals surface area contributed by atoms with Gasteiger partial charge in [0.2, 0.25) is 0 Å². The minimum Gasteiger partial charge on any atom is -0.376 e. The molecule has 2 unspecified atom stereocenters. The van der Waals surface area contributed by atoms with Crippen molar-refractivity contribution in [2.45, 2.75) is 38.8 Å². The lowest BCUT2D eigenvalue weighted by Crippen LogP contribution is -2.37. The monoisotopic (exact) mass is 238 g/mol. The maximum Gasteiger partial charge on any atom is 0.128 e. The molecule has 3 nitrogen and oxygen atoms in total. The van der Waals surface area contributed by atoms with Crippen molar-refractivity contribution < 1.29 is 9.13 Å². The van der Waals surface area contributed by atoms with Gasteiger partial charge in [0.15, 0.2) is 0 Å². The van der Waals surface area contributed by atoms with Gasteiger partial charge in [0.25, 0.3) is 0 Å². The number of hydrogen-bond donors (Lipinski definition) is 2. The van der Waals surface area contributed by atoms with E-state index >= 15 is 0 Å². The lowest BCUT2D eigenvalue weighted by atomic mass is 9.94. The summed E-state index contributed by atoms with van der Waals surface area (Å²) in [5, 5.41) is 0. The highest BCUT2D eigenvalue weighted by molar-refractivity contribution is 5.35. The Labute approximate surface area is 101 Å². The largest absolute Gasteiger partial charge is 0.376 e. The molecule has 1 aliphatic rings. The Balaban J connectivity index is 2.36. The van der Waals surface area contributed by atoms with Crippen molar-refractivity contribution in [3.63, 3.8) is 0 Å². The van der Waals surface area contributed by atoms with Crippen molar-refractivity contribution in [1.29, 1.82) is 0 Å². The summed E-state index contributed by atoms with van der Waals surface area (Å²) in [7, 11) is 0. The van der Waals surface area contributed by atoms with E-state index in [0.717, 1.165) is 30.6 Å². The average Bonchev–Trinajstić information content (AvgIpc) is 2.76. The molecular weight excluding hydrogens is 219 g/mol. The molecule has 0 spiro atoms. The second kappa shape index (κ2) is 5.12. The number of ether oxygens (including phenoxy) is 1. The first-order valence-corrected chi connectivity index (χ1v) is 5.98. The lowest BCUT2D eigenvalue weighted by Gasteiger charge is -2.24. The molecule has 1 aromatic carbocycles. The van der Waals surface area contributed by atoms with E-state index in [2.05, 4.69) is 5.43 Å². The highest BCUT2D eigenvalue weighted by atomic mass is 19.1. The van der Waals surface area contributed by atoms with Gasteiger partial charge < -0.3 is 4.74 Å². The molecule has 4 heteroatoms. The van der Waals surface area contributed by atoms with E-state index in [0.29, 0.717) is 5.56 Å². The van der Waals surface area contributed by atoms with Crippen LogP contribution >= 0.6 is 0 Å². The zero-order valence-electron chi connectivity index (χ0n) is 10.3. The van der Waals surface area contributed by atoms with Crippen molar-refractivity contribution >= 4 is 0 Å². The minimum absolute atomic E-state index is 0.0316. The Morgan fingerprint density at radius 1 is 1.47 bits per heavy atom. The summed E-state index contributed by atoms with van der Waals surface area (Å²) in [6, 6.07) is 3.25. The molecule has 94 valence electrons. The van der Waals surface area contributed by atoms with Crippen LogP contribution in [-0.2, 0) is 4.74 Å². The molecule has 1 heterocycles. The van der Waals surface area contributed by atoms with Crippen LogP contribution in [0.3, 0.4) is 0 Å². The van der Waals surface area contributed by atoms with Gasteiger partial charge in [0, 0.05) is 12.2 Å². The molecular formula is C13H19FN2O. The Hall–Kier alpha value is -0.970. The van der Waals surface area contributed by atoms with E-state index in [1.54, 1.807) is 6.07 Å². The van der Waals surface area contributed by atoms with Crippen molar-refractivity contribution in [3.8, 4) is 0 Å². The zero-order chi connectivity index (χ0) is 12.4. The van der Waals surface area contributed by atoms with E-state index < -0.39 is 0 Å². The Morgan fingerprint density at radius 2 is 2.24 bits per heavy atom. The van der Waals surface area contributed by atoms with Crippen molar-refractivity contribution in [2.24, 2.45) is 5.84 Å². The standard InChI is InChI=1S/C13H19FN2O/c1-8-6-9(2)12(10(14)7-8)13(16-15)11-4-3-5-17-11/h6-7,11,13,16H,3-5,15H2,1-2H3. The molecule has 2 rings (SSSR count). The molecule has 0 bridgehead atoms. The fourth-order valence-corrected chi connectivity index (χ4v) is 2.56. The number of nitrogens with two attached hydrogens (primary N) is 1. The number of hydrogen-bond acceptors (Lipinski definition) is 3. The van der Waals surface area contributed by atoms with E-state index in [9.17, 15) is 4.39 Å². The molecule has 2 atom stereocenters. The lowest BCUT2D eigenvalue weighted by molar-refractivity contribution is 0.0770. The molecule has 1 aliphatic heterocycles. The first kappa shape index (κ1) is 12.5. The summed E-state index contributed by atoms with van der Waals surface area (Å²) in [5.41, 5.74) is 5.17. The maximum absolute atomic E-state index is 14.1. The molecule has 1 aromatic rings. The number of halogens is 1. The van der Waals surface area contributed by atoms with Crippen LogP contribution in [0.25, 0.3) is 0 Å². The second-order valence-corrected chi connectivity index (χ2v) is 4.67. The van der Waals surface area contributed by atoms with E-state index in [1.807, 2.05) is 19.9 Å². The van der Waals surface area contributed by atoms with E-state index in [-0.39, 0.29) is 18.0 Å². The van der Waals surface area contributed by atoms with Gasteiger partial charge in [-0.05, 0) is 43.9 Å². The molecule has 1 saturated heterocycles. The third kappa shape index (κ3) is 2.49. The third-order valence-electron chi connectivity index (χ3n) is 3.31. The van der Waals surface area contributed by atoms with Crippen LogP contribution in [0.2, 0.25) is 0 Å². The smallest absolute Gasteiger partial charge is 0.128 e. The summed E-state index contributed by atoms with van der Waals surface area (Å²) in [6.07, 6.45) is 1.90. The quantitative estimate of drug-likeness (QED) is 0.626. The minimum atomic E-state index is -0.266. The molecule has 0 saturated carbocycles. The van der Waals surface area contributed by atoms with Crippen LogP contribution in [0, 0.1) is 19.7 Å². The Bertz CT molecular complexity index is 379. The first-order valence-electron chi connectivity index (χ1n) is 5.98. The van der Waals surface area contributed by atoms with Gasteiger partial charge in [-0.1, -0.05) is 6.07 Å². The van der Waals surface area contributed by atoms with Crippen molar-refractivity contribution in [3.05, 3.63) is 34.6 Å². The average molecular weight is 238 g/mol. The van der Waals surface area contributed by atoms with Crippen LogP contribution < -0.4 is 11.3 Å². The predicted molar refractivity (Wildman–Crippen MR) is 64.9 cm³/mol. The molecule has 3 N–H and O–H groups in total. The first-order chi connectivity index (χ1) is 8.13. The molecule has 17 heavy (non-hydrogen) atoms. The molecule has 0 aromatic heterocycles. The fraction of sp³-hybridized carbons (Fsp3) is 0.538. The number of hydrazine groups is 1. The van der Waals surface area contributed by atoms with Gasteiger partial charge in [0.05, 0.1) is 12.1 Å². The summed E-state index contributed by atoms with van der Waals surface area (Å²) in [6.45, 7) is 4.52. The van der Waals surface area contributed by atoms with Crippen LogP contribution in [0.4, 0.5) is 4.39 Å². The highest BCUT2D eigenvalue weighted by Crippen LogP contribution is 2.30.